The van der Waals surface area contributed by atoms with Gasteiger partial charge in [0.2, 0.25) is 0 Å². The average Bonchev–Trinajstić information content (AvgIpc) is 2.69. The predicted octanol–water partition coefficient (Wildman–Crippen LogP) is 0.808. The van der Waals surface area contributed by atoms with Crippen LogP contribution in [0.1, 0.15) is 10.4 Å². The Kier molecular flexibility index (Phi) is 3.15. The molecule has 3 N–H and O–H groups in total. The molecular weight excluding hydrogens is 243 g/mol. The highest BCUT2D eigenvalue weighted by molar-refractivity contribution is 5.92. The van der Waals surface area contributed by atoms with Gasteiger partial charge in [0, 0.05) is 6.54 Å². The summed E-state index contributed by atoms with van der Waals surface area (Å²) in [7, 11) is 0. The zero-order valence-corrected chi connectivity index (χ0v) is 9.30. The van der Waals surface area contributed by atoms with E-state index in [0.29, 0.717) is 0 Å². The van der Waals surface area contributed by atoms with Gasteiger partial charge in [-0.05, 0) is 18.2 Å². The van der Waals surface area contributed by atoms with Gasteiger partial charge in [-0.25, -0.2) is 14.0 Å². The number of benzene rings is 1. The van der Waals surface area contributed by atoms with Gasteiger partial charge < -0.3 is 15.6 Å². The van der Waals surface area contributed by atoms with E-state index in [9.17, 15) is 14.0 Å². The number of ether oxygens (including phenoxy) is 1. The van der Waals surface area contributed by atoms with Crippen molar-refractivity contribution in [3.05, 3.63) is 29.6 Å². The van der Waals surface area contributed by atoms with Gasteiger partial charge in [0.1, 0.15) is 12.4 Å². The Bertz CT molecular complexity index is 506. The lowest BCUT2D eigenvalue weighted by atomic mass is 10.1. The van der Waals surface area contributed by atoms with Crippen LogP contribution in [0.15, 0.2) is 18.2 Å². The summed E-state index contributed by atoms with van der Waals surface area (Å²) in [4.78, 5) is 23.4. The summed E-state index contributed by atoms with van der Waals surface area (Å²) in [5.74, 6) is -2.27. The Hall–Kier alpha value is -2.15. The molecule has 1 aromatic rings. The fourth-order valence-electron chi connectivity index (χ4n) is 1.78. The van der Waals surface area contributed by atoms with Crippen molar-refractivity contribution in [1.29, 1.82) is 0 Å². The van der Waals surface area contributed by atoms with Crippen LogP contribution in [0.3, 0.4) is 0 Å². The smallest absolute Gasteiger partial charge is 0.414 e. The van der Waals surface area contributed by atoms with Gasteiger partial charge in [0.05, 0.1) is 17.3 Å². The van der Waals surface area contributed by atoms with Crippen LogP contribution in [0.2, 0.25) is 0 Å². The molecule has 1 amide bonds. The molecule has 1 aliphatic heterocycles. The van der Waals surface area contributed by atoms with E-state index in [0.717, 1.165) is 12.1 Å². The number of carboxylic acid groups (broad SMARTS) is 1. The summed E-state index contributed by atoms with van der Waals surface area (Å²) >= 11 is 0. The highest BCUT2D eigenvalue weighted by Crippen LogP contribution is 2.24. The number of hydrogen-bond donors (Lipinski definition) is 2. The lowest BCUT2D eigenvalue weighted by molar-refractivity contribution is 0.0692. The van der Waals surface area contributed by atoms with E-state index in [-0.39, 0.29) is 24.9 Å². The van der Waals surface area contributed by atoms with Gasteiger partial charge in [-0.2, -0.15) is 0 Å². The largest absolute Gasteiger partial charge is 0.478 e. The van der Waals surface area contributed by atoms with Gasteiger partial charge in [-0.15, -0.1) is 0 Å². The third-order valence-corrected chi connectivity index (χ3v) is 2.69. The van der Waals surface area contributed by atoms with Crippen LogP contribution in [-0.4, -0.2) is 36.4 Å². The van der Waals surface area contributed by atoms with Crippen molar-refractivity contribution in [3.8, 4) is 0 Å². The van der Waals surface area contributed by atoms with Gasteiger partial charge >= 0.3 is 12.1 Å². The van der Waals surface area contributed by atoms with Crippen LogP contribution in [0, 0.1) is 5.82 Å². The standard InChI is InChI=1S/C11H11FN2O4/c12-9-3-6(1-2-8(9)10(15)16)14-7(4-13)5-18-11(14)17/h1-3,7H,4-5,13H2,(H,15,16). The molecule has 96 valence electrons. The van der Waals surface area contributed by atoms with Crippen molar-refractivity contribution in [3.63, 3.8) is 0 Å². The number of carbonyl (C=O) groups excluding carboxylic acids is 1. The van der Waals surface area contributed by atoms with Crippen LogP contribution < -0.4 is 10.6 Å². The third-order valence-electron chi connectivity index (χ3n) is 2.69. The van der Waals surface area contributed by atoms with Crippen LogP contribution in [-0.2, 0) is 4.74 Å². The molecule has 1 saturated heterocycles. The lowest BCUT2D eigenvalue weighted by Gasteiger charge is -2.20. The van der Waals surface area contributed by atoms with E-state index in [2.05, 4.69) is 0 Å². The minimum absolute atomic E-state index is 0.137. The lowest BCUT2D eigenvalue weighted by Crippen LogP contribution is -2.39. The van der Waals surface area contributed by atoms with E-state index in [1.165, 1.54) is 11.0 Å². The third kappa shape index (κ3) is 2.00. The SMILES string of the molecule is NCC1COC(=O)N1c1ccc(C(=O)O)c(F)c1. The molecule has 7 heteroatoms. The topological polar surface area (TPSA) is 92.9 Å². The minimum Gasteiger partial charge on any atom is -0.478 e. The second kappa shape index (κ2) is 4.61. The number of aromatic carboxylic acids is 1. The van der Waals surface area contributed by atoms with Crippen molar-refractivity contribution in [2.75, 3.05) is 18.1 Å². The molecule has 1 unspecified atom stereocenters. The second-order valence-electron chi connectivity index (χ2n) is 3.81. The Morgan fingerprint density at radius 1 is 1.61 bits per heavy atom. The van der Waals surface area contributed by atoms with E-state index in [4.69, 9.17) is 15.6 Å². The van der Waals surface area contributed by atoms with E-state index in [1.54, 1.807) is 0 Å². The number of amides is 1. The first-order valence-corrected chi connectivity index (χ1v) is 5.23. The molecule has 6 nitrogen and oxygen atoms in total. The normalized spacial score (nSPS) is 18.9. The first-order chi connectivity index (χ1) is 8.54. The molecule has 0 saturated carbocycles. The van der Waals surface area contributed by atoms with Crippen molar-refractivity contribution in [2.24, 2.45) is 5.73 Å². The Balaban J connectivity index is 2.36. The molecule has 0 radical (unpaired) electrons. The van der Waals surface area contributed by atoms with Gasteiger partial charge in [0.25, 0.3) is 0 Å². The Morgan fingerprint density at radius 3 is 2.89 bits per heavy atom. The molecular formula is C11H11FN2O4. The molecule has 1 fully saturated rings. The zero-order valence-electron chi connectivity index (χ0n) is 9.30. The molecule has 0 bridgehead atoms. The highest BCUT2D eigenvalue weighted by Gasteiger charge is 2.33. The highest BCUT2D eigenvalue weighted by atomic mass is 19.1. The number of anilines is 1. The molecule has 1 aliphatic rings. The number of cyclic esters (lactones) is 1. The van der Waals surface area contributed by atoms with Gasteiger partial charge in [-0.3, -0.25) is 4.90 Å². The van der Waals surface area contributed by atoms with Crippen LogP contribution in [0.5, 0.6) is 0 Å². The van der Waals surface area contributed by atoms with Crippen molar-refractivity contribution in [1.82, 2.24) is 0 Å². The predicted molar refractivity (Wildman–Crippen MR) is 60.0 cm³/mol. The van der Waals surface area contributed by atoms with Crippen molar-refractivity contribution in [2.45, 2.75) is 6.04 Å². The number of rotatable bonds is 3. The van der Waals surface area contributed by atoms with E-state index >= 15 is 0 Å². The van der Waals surface area contributed by atoms with Crippen molar-refractivity contribution < 1.29 is 23.8 Å². The Labute approximate surface area is 102 Å². The summed E-state index contributed by atoms with van der Waals surface area (Å²) in [6, 6.07) is 3.07. The van der Waals surface area contributed by atoms with Crippen molar-refractivity contribution >= 4 is 17.7 Å². The molecule has 0 spiro atoms. The second-order valence-corrected chi connectivity index (χ2v) is 3.81. The summed E-state index contributed by atoms with van der Waals surface area (Å²) in [5.41, 5.74) is 5.26. The molecule has 1 aromatic carbocycles. The summed E-state index contributed by atoms with van der Waals surface area (Å²) < 4.78 is 18.3. The van der Waals surface area contributed by atoms with E-state index in [1.807, 2.05) is 0 Å². The number of hydrogen-bond acceptors (Lipinski definition) is 4. The molecule has 0 aliphatic carbocycles. The quantitative estimate of drug-likeness (QED) is 0.832. The first-order valence-electron chi connectivity index (χ1n) is 5.23. The fraction of sp³-hybridized carbons (Fsp3) is 0.273. The number of carbonyl (C=O) groups is 2. The monoisotopic (exact) mass is 254 g/mol. The average molecular weight is 254 g/mol. The molecule has 2 rings (SSSR count). The number of halogens is 1. The minimum atomic E-state index is -1.36. The first kappa shape index (κ1) is 12.3. The van der Waals surface area contributed by atoms with Gasteiger partial charge in [0.15, 0.2) is 0 Å². The molecule has 18 heavy (non-hydrogen) atoms. The number of nitrogens with two attached hydrogens (primary N) is 1. The summed E-state index contributed by atoms with van der Waals surface area (Å²) in [5, 5.41) is 8.71. The van der Waals surface area contributed by atoms with Gasteiger partial charge in [-0.1, -0.05) is 0 Å². The Morgan fingerprint density at radius 2 is 2.33 bits per heavy atom. The molecule has 0 aromatic heterocycles. The number of nitrogens with zero attached hydrogens (tertiary/aromatic N) is 1. The summed E-state index contributed by atoms with van der Waals surface area (Å²) in [6.45, 7) is 0.311. The van der Waals surface area contributed by atoms with Crippen LogP contribution in [0.4, 0.5) is 14.9 Å². The maximum absolute atomic E-state index is 13.5. The number of carboxylic acids is 1. The molecule has 1 atom stereocenters. The van der Waals surface area contributed by atoms with Crippen LogP contribution in [0.25, 0.3) is 0 Å². The zero-order chi connectivity index (χ0) is 13.3. The van der Waals surface area contributed by atoms with Crippen LogP contribution >= 0.6 is 0 Å². The molecule has 1 heterocycles. The maximum atomic E-state index is 13.5. The maximum Gasteiger partial charge on any atom is 0.414 e. The van der Waals surface area contributed by atoms with E-state index < -0.39 is 23.4 Å². The summed E-state index contributed by atoms with van der Waals surface area (Å²) in [6.07, 6.45) is -0.618. The fourth-order valence-corrected chi connectivity index (χ4v) is 1.78.